The highest BCUT2D eigenvalue weighted by Gasteiger charge is 2.43. The summed E-state index contributed by atoms with van der Waals surface area (Å²) in [6.07, 6.45) is 4.94. The van der Waals surface area contributed by atoms with Gasteiger partial charge in [0.1, 0.15) is 0 Å². The van der Waals surface area contributed by atoms with Crippen molar-refractivity contribution in [1.82, 2.24) is 30.5 Å². The van der Waals surface area contributed by atoms with Gasteiger partial charge in [0.25, 0.3) is 0 Å². The van der Waals surface area contributed by atoms with E-state index in [2.05, 4.69) is 57.2 Å². The van der Waals surface area contributed by atoms with Crippen molar-refractivity contribution < 1.29 is 9.59 Å². The molecular weight excluding hydrogens is 512 g/mol. The monoisotopic (exact) mass is 548 g/mol. The molecule has 8 nitrogen and oxygen atoms in total. The number of urea groups is 1. The molecule has 2 N–H and O–H groups in total. The van der Waals surface area contributed by atoms with Gasteiger partial charge >= 0.3 is 6.03 Å². The van der Waals surface area contributed by atoms with Crippen LogP contribution in [-0.2, 0) is 24.3 Å². The Morgan fingerprint density at radius 2 is 1.73 bits per heavy atom. The van der Waals surface area contributed by atoms with Gasteiger partial charge in [-0.2, -0.15) is 15.0 Å². The summed E-state index contributed by atoms with van der Waals surface area (Å²) in [6, 6.07) is 22.6. The number of nitrogens with one attached hydrogen (secondary N) is 2. The van der Waals surface area contributed by atoms with E-state index < -0.39 is 0 Å². The van der Waals surface area contributed by atoms with E-state index in [1.165, 1.54) is 11.1 Å². The highest BCUT2D eigenvalue weighted by Crippen LogP contribution is 2.47. The van der Waals surface area contributed by atoms with Crippen molar-refractivity contribution in [3.63, 3.8) is 0 Å². The number of carbonyl (C=O) groups excluding carboxylic acids is 2. The maximum atomic E-state index is 13.1. The lowest BCUT2D eigenvalue weighted by Crippen LogP contribution is -2.50. The zero-order chi connectivity index (χ0) is 28.6. The third kappa shape index (κ3) is 5.87. The lowest BCUT2D eigenvalue weighted by atomic mass is 9.87. The molecule has 6 rings (SSSR count). The van der Waals surface area contributed by atoms with Crippen molar-refractivity contribution in [2.24, 2.45) is 5.92 Å². The van der Waals surface area contributed by atoms with Gasteiger partial charge in [0, 0.05) is 31.1 Å². The number of amides is 3. The number of fused-ring (bicyclic) bond motifs is 1. The summed E-state index contributed by atoms with van der Waals surface area (Å²) in [6.45, 7) is 7.52. The van der Waals surface area contributed by atoms with Crippen LogP contribution in [0.4, 0.5) is 4.79 Å². The predicted octanol–water partition coefficient (Wildman–Crippen LogP) is 5.22. The maximum absolute atomic E-state index is 13.1. The van der Waals surface area contributed by atoms with Crippen molar-refractivity contribution in [3.05, 3.63) is 101 Å². The summed E-state index contributed by atoms with van der Waals surface area (Å²) in [7, 11) is 0. The van der Waals surface area contributed by atoms with E-state index in [9.17, 15) is 9.59 Å². The molecule has 0 bridgehead atoms. The molecule has 0 spiro atoms. The highest BCUT2D eigenvalue weighted by atomic mass is 16.2. The normalized spacial score (nSPS) is 18.0. The van der Waals surface area contributed by atoms with Crippen LogP contribution >= 0.6 is 0 Å². The van der Waals surface area contributed by atoms with Crippen LogP contribution < -0.4 is 10.6 Å². The van der Waals surface area contributed by atoms with Gasteiger partial charge in [0.05, 0.1) is 18.1 Å². The van der Waals surface area contributed by atoms with Crippen LogP contribution in [0, 0.1) is 5.92 Å². The number of aromatic nitrogens is 3. The Balaban J connectivity index is 1.27. The molecule has 3 amide bonds. The number of nitrogens with zero attached hydrogens (tertiary/aromatic N) is 4. The lowest BCUT2D eigenvalue weighted by molar-refractivity contribution is -0.122. The van der Waals surface area contributed by atoms with Gasteiger partial charge in [-0.25, -0.2) is 4.79 Å². The van der Waals surface area contributed by atoms with Gasteiger partial charge in [0.15, 0.2) is 0 Å². The van der Waals surface area contributed by atoms with Crippen molar-refractivity contribution in [2.45, 2.75) is 58.2 Å². The summed E-state index contributed by atoms with van der Waals surface area (Å²) in [5, 5.41) is 14.9. The molecule has 3 aromatic carbocycles. The summed E-state index contributed by atoms with van der Waals surface area (Å²) in [4.78, 5) is 29.7. The first kappa shape index (κ1) is 26.7. The van der Waals surface area contributed by atoms with Gasteiger partial charge < -0.3 is 15.5 Å². The fraction of sp³-hybridized carbons (Fsp3) is 0.333. The van der Waals surface area contributed by atoms with Crippen LogP contribution in [0.2, 0.25) is 0 Å². The lowest BCUT2D eigenvalue weighted by Gasteiger charge is -2.34. The van der Waals surface area contributed by atoms with Gasteiger partial charge in [-0.15, -0.1) is 0 Å². The van der Waals surface area contributed by atoms with E-state index in [0.29, 0.717) is 25.6 Å². The highest BCUT2D eigenvalue weighted by molar-refractivity contribution is 5.83. The standard InChI is InChI=1S/C33H36N6O2/c1-33(2,3)37-32(41)38-17-14-27-26(23-10-7-11-25(18-23)39-35-15-16-36-39)13-12-24(30(27)21-38)20-34-31(40)29-19-28(29)22-8-5-4-6-9-22/h4-13,15-16,18,28-29H,14,17,19-21H2,1-3H3,(H,34,40)(H,37,41)/t28-,29+/m0/s1. The number of hydrogen-bond acceptors (Lipinski definition) is 4. The van der Waals surface area contributed by atoms with Crippen LogP contribution in [-0.4, -0.2) is 43.9 Å². The molecule has 0 radical (unpaired) electrons. The molecule has 4 aromatic rings. The second-order valence-electron chi connectivity index (χ2n) is 12.0. The summed E-state index contributed by atoms with van der Waals surface area (Å²) >= 11 is 0. The molecule has 0 unspecified atom stereocenters. The van der Waals surface area contributed by atoms with Gasteiger partial charge in [-0.1, -0.05) is 54.6 Å². The van der Waals surface area contributed by atoms with Crippen LogP contribution in [0.3, 0.4) is 0 Å². The molecular formula is C33H36N6O2. The number of carbonyl (C=O) groups is 2. The zero-order valence-corrected chi connectivity index (χ0v) is 23.8. The van der Waals surface area contributed by atoms with Crippen LogP contribution in [0.25, 0.3) is 16.8 Å². The third-order valence-electron chi connectivity index (χ3n) is 7.89. The molecule has 1 fully saturated rings. The molecule has 2 heterocycles. The van der Waals surface area contributed by atoms with E-state index in [4.69, 9.17) is 0 Å². The average molecular weight is 549 g/mol. The predicted molar refractivity (Wildman–Crippen MR) is 158 cm³/mol. The fourth-order valence-electron chi connectivity index (χ4n) is 5.76. The Labute approximate surface area is 240 Å². The topological polar surface area (TPSA) is 92.2 Å². The Bertz CT molecular complexity index is 1560. The molecule has 1 aliphatic heterocycles. The van der Waals surface area contributed by atoms with E-state index >= 15 is 0 Å². The average Bonchev–Trinajstić information content (AvgIpc) is 3.59. The molecule has 2 atom stereocenters. The summed E-state index contributed by atoms with van der Waals surface area (Å²) in [5.74, 6) is 0.398. The molecule has 2 aliphatic rings. The molecule has 1 saturated carbocycles. The van der Waals surface area contributed by atoms with Crippen molar-refractivity contribution in [2.75, 3.05) is 6.54 Å². The van der Waals surface area contributed by atoms with E-state index in [-0.39, 0.29) is 23.4 Å². The fourth-order valence-corrected chi connectivity index (χ4v) is 5.76. The molecule has 1 aliphatic carbocycles. The van der Waals surface area contributed by atoms with Crippen molar-refractivity contribution in [3.8, 4) is 16.8 Å². The number of hydrogen-bond donors (Lipinski definition) is 2. The summed E-state index contributed by atoms with van der Waals surface area (Å²) in [5.41, 5.74) is 7.36. The second-order valence-corrected chi connectivity index (χ2v) is 12.0. The SMILES string of the molecule is CC(C)(C)NC(=O)N1CCc2c(-c3cccc(-n4nccn4)c3)ccc(CNC(=O)[C@@H]3C[C@H]3c3ccccc3)c2C1. The smallest absolute Gasteiger partial charge is 0.318 e. The van der Waals surface area contributed by atoms with Gasteiger partial charge in [-0.3, -0.25) is 4.79 Å². The first-order valence-electron chi connectivity index (χ1n) is 14.3. The van der Waals surface area contributed by atoms with Gasteiger partial charge in [-0.05, 0) is 85.0 Å². The van der Waals surface area contributed by atoms with Crippen molar-refractivity contribution in [1.29, 1.82) is 0 Å². The van der Waals surface area contributed by atoms with Crippen LogP contribution in [0.1, 0.15) is 55.4 Å². The Kier molecular flexibility index (Phi) is 7.07. The first-order valence-corrected chi connectivity index (χ1v) is 14.3. The summed E-state index contributed by atoms with van der Waals surface area (Å²) < 4.78 is 0. The minimum absolute atomic E-state index is 0.0141. The maximum Gasteiger partial charge on any atom is 0.318 e. The molecule has 41 heavy (non-hydrogen) atoms. The third-order valence-corrected chi connectivity index (χ3v) is 7.89. The van der Waals surface area contributed by atoms with E-state index in [0.717, 1.165) is 40.8 Å². The minimum atomic E-state index is -0.323. The Hall–Kier alpha value is -4.46. The zero-order valence-electron chi connectivity index (χ0n) is 23.8. The largest absolute Gasteiger partial charge is 0.352 e. The second kappa shape index (κ2) is 10.8. The molecule has 210 valence electrons. The van der Waals surface area contributed by atoms with E-state index in [1.807, 2.05) is 56.0 Å². The number of benzene rings is 3. The Morgan fingerprint density at radius 3 is 2.49 bits per heavy atom. The molecule has 1 aromatic heterocycles. The Morgan fingerprint density at radius 1 is 0.951 bits per heavy atom. The van der Waals surface area contributed by atoms with E-state index in [1.54, 1.807) is 17.2 Å². The molecule has 0 saturated heterocycles. The molecule has 8 heteroatoms. The van der Waals surface area contributed by atoms with Gasteiger partial charge in [0.2, 0.25) is 5.91 Å². The quantitative estimate of drug-likeness (QED) is 0.346. The van der Waals surface area contributed by atoms with Crippen LogP contribution in [0.15, 0.2) is 79.1 Å². The van der Waals surface area contributed by atoms with Crippen LogP contribution in [0.5, 0.6) is 0 Å². The number of rotatable bonds is 6. The first-order chi connectivity index (χ1) is 19.8. The minimum Gasteiger partial charge on any atom is -0.352 e. The van der Waals surface area contributed by atoms with Crippen molar-refractivity contribution >= 4 is 11.9 Å².